The maximum atomic E-state index is 12.9. The van der Waals surface area contributed by atoms with Crippen LogP contribution < -0.4 is 10.9 Å². The van der Waals surface area contributed by atoms with Gasteiger partial charge in [0.15, 0.2) is 5.11 Å². The van der Waals surface area contributed by atoms with Gasteiger partial charge in [-0.25, -0.2) is 0 Å². The average molecular weight is 434 g/mol. The molecule has 4 nitrogen and oxygen atoms in total. The number of nitrogens with zero attached hydrogens (tertiary/aromatic N) is 1. The van der Waals surface area contributed by atoms with Gasteiger partial charge in [-0.15, -0.1) is 0 Å². The highest BCUT2D eigenvalue weighted by molar-refractivity contribution is 7.80. The number of hydrogen-bond acceptors (Lipinski definition) is 2. The van der Waals surface area contributed by atoms with Crippen LogP contribution in [0.1, 0.15) is 60.9 Å². The normalized spacial score (nSPS) is 15.2. The highest BCUT2D eigenvalue weighted by atomic mass is 32.1. The van der Waals surface area contributed by atoms with E-state index >= 15 is 0 Å². The monoisotopic (exact) mass is 433 g/mol. The van der Waals surface area contributed by atoms with Crippen molar-refractivity contribution in [1.29, 1.82) is 0 Å². The first-order valence-corrected chi connectivity index (χ1v) is 11.6. The third kappa shape index (κ3) is 4.82. The first kappa shape index (κ1) is 21.6. The molecule has 1 aliphatic carbocycles. The van der Waals surface area contributed by atoms with Crippen LogP contribution in [0.5, 0.6) is 0 Å². The molecule has 4 rings (SSSR count). The van der Waals surface area contributed by atoms with Crippen molar-refractivity contribution >= 4 is 28.2 Å². The molecule has 0 amide bonds. The van der Waals surface area contributed by atoms with Crippen LogP contribution in [0.3, 0.4) is 0 Å². The van der Waals surface area contributed by atoms with Crippen molar-refractivity contribution in [3.63, 3.8) is 0 Å². The largest absolute Gasteiger partial charge is 0.356 e. The SMILES string of the molecule is Cc1cc(C)c2[nH]c(=O)c(CN(C(=S)N[C@H](C)c3ccccc3)C3CCCC3)cc2c1. The fourth-order valence-corrected chi connectivity index (χ4v) is 5.10. The van der Waals surface area contributed by atoms with Crippen molar-refractivity contribution in [1.82, 2.24) is 15.2 Å². The summed E-state index contributed by atoms with van der Waals surface area (Å²) in [5.41, 5.74) is 5.16. The summed E-state index contributed by atoms with van der Waals surface area (Å²) in [6, 6.07) is 17.1. The summed E-state index contributed by atoms with van der Waals surface area (Å²) in [7, 11) is 0. The van der Waals surface area contributed by atoms with Gasteiger partial charge in [-0.2, -0.15) is 0 Å². The first-order chi connectivity index (χ1) is 14.9. The van der Waals surface area contributed by atoms with E-state index in [1.807, 2.05) is 31.2 Å². The second kappa shape index (κ2) is 9.23. The van der Waals surface area contributed by atoms with Gasteiger partial charge in [0.1, 0.15) is 0 Å². The molecule has 0 radical (unpaired) electrons. The van der Waals surface area contributed by atoms with Gasteiger partial charge in [-0.3, -0.25) is 4.79 Å². The van der Waals surface area contributed by atoms with Crippen LogP contribution in [0.4, 0.5) is 0 Å². The van der Waals surface area contributed by atoms with Gasteiger partial charge < -0.3 is 15.2 Å². The van der Waals surface area contributed by atoms with Crippen LogP contribution in [0.25, 0.3) is 10.9 Å². The van der Waals surface area contributed by atoms with Gasteiger partial charge in [-0.05, 0) is 74.5 Å². The quantitative estimate of drug-likeness (QED) is 0.520. The summed E-state index contributed by atoms with van der Waals surface area (Å²) in [5, 5.41) is 5.32. The predicted octanol–water partition coefficient (Wildman–Crippen LogP) is 5.53. The lowest BCUT2D eigenvalue weighted by atomic mass is 10.0. The van der Waals surface area contributed by atoms with Crippen LogP contribution in [0, 0.1) is 13.8 Å². The van der Waals surface area contributed by atoms with E-state index in [0.29, 0.717) is 12.6 Å². The molecule has 31 heavy (non-hydrogen) atoms. The Labute approximate surface area is 189 Å². The molecule has 1 saturated carbocycles. The van der Waals surface area contributed by atoms with Crippen LogP contribution >= 0.6 is 12.2 Å². The number of aromatic amines is 1. The second-order valence-corrected chi connectivity index (χ2v) is 9.20. The Hall–Kier alpha value is -2.66. The van der Waals surface area contributed by atoms with Crippen LogP contribution in [-0.2, 0) is 6.54 Å². The Balaban J connectivity index is 1.62. The van der Waals surface area contributed by atoms with Crippen LogP contribution in [0.15, 0.2) is 53.3 Å². The lowest BCUT2D eigenvalue weighted by molar-refractivity contribution is 0.300. The molecule has 0 bridgehead atoms. The van der Waals surface area contributed by atoms with E-state index in [4.69, 9.17) is 12.2 Å². The lowest BCUT2D eigenvalue weighted by Gasteiger charge is -2.33. The van der Waals surface area contributed by atoms with Crippen molar-refractivity contribution in [3.8, 4) is 0 Å². The number of hydrogen-bond donors (Lipinski definition) is 2. The predicted molar refractivity (Wildman–Crippen MR) is 132 cm³/mol. The van der Waals surface area contributed by atoms with Crippen molar-refractivity contribution in [2.45, 2.75) is 65.1 Å². The average Bonchev–Trinajstić information content (AvgIpc) is 3.27. The topological polar surface area (TPSA) is 48.1 Å². The van der Waals surface area contributed by atoms with E-state index in [2.05, 4.69) is 53.3 Å². The van der Waals surface area contributed by atoms with E-state index in [0.717, 1.165) is 40.0 Å². The number of aryl methyl sites for hydroxylation is 2. The summed E-state index contributed by atoms with van der Waals surface area (Å²) in [5.74, 6) is 0. The van der Waals surface area contributed by atoms with E-state index in [1.54, 1.807) is 0 Å². The molecule has 0 unspecified atom stereocenters. The molecule has 1 heterocycles. The van der Waals surface area contributed by atoms with E-state index < -0.39 is 0 Å². The summed E-state index contributed by atoms with van der Waals surface area (Å²) in [6.07, 6.45) is 4.66. The number of rotatable bonds is 5. The number of thiocarbonyl (C=S) groups is 1. The Morgan fingerprint density at radius 3 is 2.58 bits per heavy atom. The van der Waals surface area contributed by atoms with Crippen LogP contribution in [0.2, 0.25) is 0 Å². The zero-order chi connectivity index (χ0) is 22.0. The fourth-order valence-electron chi connectivity index (χ4n) is 4.71. The van der Waals surface area contributed by atoms with E-state index in [1.165, 1.54) is 24.0 Å². The van der Waals surface area contributed by atoms with Gasteiger partial charge >= 0.3 is 0 Å². The van der Waals surface area contributed by atoms with E-state index in [-0.39, 0.29) is 11.6 Å². The molecule has 1 fully saturated rings. The molecule has 162 valence electrons. The summed E-state index contributed by atoms with van der Waals surface area (Å²) in [6.45, 7) is 6.78. The highest BCUT2D eigenvalue weighted by Gasteiger charge is 2.26. The third-order valence-electron chi connectivity index (χ3n) is 6.38. The van der Waals surface area contributed by atoms with Gasteiger partial charge in [0.2, 0.25) is 0 Å². The van der Waals surface area contributed by atoms with Gasteiger partial charge in [0, 0.05) is 11.6 Å². The van der Waals surface area contributed by atoms with Crippen molar-refractivity contribution in [2.75, 3.05) is 0 Å². The molecular weight excluding hydrogens is 402 g/mol. The highest BCUT2D eigenvalue weighted by Crippen LogP contribution is 2.26. The summed E-state index contributed by atoms with van der Waals surface area (Å²) >= 11 is 5.87. The second-order valence-electron chi connectivity index (χ2n) is 8.82. The molecule has 0 saturated heterocycles. The van der Waals surface area contributed by atoms with Crippen molar-refractivity contribution in [3.05, 3.63) is 81.1 Å². The summed E-state index contributed by atoms with van der Waals surface area (Å²) < 4.78 is 0. The lowest BCUT2D eigenvalue weighted by Crippen LogP contribution is -2.46. The Kier molecular flexibility index (Phi) is 6.42. The number of nitrogens with one attached hydrogen (secondary N) is 2. The van der Waals surface area contributed by atoms with Gasteiger partial charge in [-0.1, -0.05) is 54.8 Å². The van der Waals surface area contributed by atoms with Gasteiger partial charge in [0.05, 0.1) is 18.1 Å². The fraction of sp³-hybridized carbons (Fsp3) is 0.385. The minimum absolute atomic E-state index is 0.0265. The molecule has 2 aromatic carbocycles. The summed E-state index contributed by atoms with van der Waals surface area (Å²) in [4.78, 5) is 18.3. The molecule has 1 atom stereocenters. The molecule has 5 heteroatoms. The van der Waals surface area contributed by atoms with E-state index in [9.17, 15) is 4.79 Å². The minimum atomic E-state index is -0.0265. The minimum Gasteiger partial charge on any atom is -0.356 e. The number of pyridine rings is 1. The molecular formula is C26H31N3OS. The molecule has 1 aliphatic rings. The number of aromatic nitrogens is 1. The molecule has 1 aromatic heterocycles. The number of fused-ring (bicyclic) bond motifs is 1. The smallest absolute Gasteiger partial charge is 0.253 e. The van der Waals surface area contributed by atoms with Crippen LogP contribution in [-0.4, -0.2) is 21.0 Å². The maximum absolute atomic E-state index is 12.9. The molecule has 3 aromatic rings. The van der Waals surface area contributed by atoms with Gasteiger partial charge in [0.25, 0.3) is 5.56 Å². The number of H-pyrrole nitrogens is 1. The zero-order valence-electron chi connectivity index (χ0n) is 18.6. The molecule has 0 aliphatic heterocycles. The zero-order valence-corrected chi connectivity index (χ0v) is 19.4. The van der Waals surface area contributed by atoms with Crippen molar-refractivity contribution < 1.29 is 0 Å². The third-order valence-corrected chi connectivity index (χ3v) is 6.73. The number of benzene rings is 2. The molecule has 0 spiro atoms. The maximum Gasteiger partial charge on any atom is 0.253 e. The molecule has 2 N–H and O–H groups in total. The Morgan fingerprint density at radius 1 is 1.16 bits per heavy atom. The Morgan fingerprint density at radius 2 is 1.87 bits per heavy atom. The first-order valence-electron chi connectivity index (χ1n) is 11.2. The van der Waals surface area contributed by atoms with Crippen molar-refractivity contribution in [2.24, 2.45) is 0 Å². The Bertz CT molecular complexity index is 1130. The standard InChI is InChI=1S/C26H31N3OS/c1-17-13-18(2)24-21(14-17)15-22(25(30)28-24)16-29(23-11-7-8-12-23)26(31)27-19(3)20-9-5-4-6-10-20/h4-6,9-10,13-15,19,23H,7-8,11-12,16H2,1-3H3,(H,27,31)(H,28,30)/t19-/m1/s1.